The highest BCUT2D eigenvalue weighted by molar-refractivity contribution is 7.99. The van der Waals surface area contributed by atoms with Crippen molar-refractivity contribution in [3.05, 3.63) is 35.9 Å². The van der Waals surface area contributed by atoms with Crippen LogP contribution in [0.15, 0.2) is 30.3 Å². The van der Waals surface area contributed by atoms with Crippen LogP contribution < -0.4 is 5.32 Å². The van der Waals surface area contributed by atoms with Crippen molar-refractivity contribution in [2.24, 2.45) is 5.41 Å². The second kappa shape index (κ2) is 6.12. The molecule has 18 heavy (non-hydrogen) atoms. The monoisotopic (exact) mass is 263 g/mol. The summed E-state index contributed by atoms with van der Waals surface area (Å²) in [6.07, 6.45) is 1.33. The Morgan fingerprint density at radius 2 is 2.06 bits per heavy atom. The van der Waals surface area contributed by atoms with Crippen LogP contribution in [0.3, 0.4) is 0 Å². The fraction of sp³-hybridized carbons (Fsp3) is 0.625. The van der Waals surface area contributed by atoms with Gasteiger partial charge in [0.15, 0.2) is 0 Å². The number of nitrogens with one attached hydrogen (secondary N) is 1. The molecule has 0 aliphatic carbocycles. The van der Waals surface area contributed by atoms with Crippen LogP contribution in [0, 0.1) is 5.41 Å². The van der Waals surface area contributed by atoms with Crippen LogP contribution in [0.4, 0.5) is 0 Å². The predicted octanol–water partition coefficient (Wildman–Crippen LogP) is 3.91. The summed E-state index contributed by atoms with van der Waals surface area (Å²) in [5, 5.41) is 3.79. The number of hydrogen-bond donors (Lipinski definition) is 1. The zero-order valence-electron chi connectivity index (χ0n) is 11.8. The molecular weight excluding hydrogens is 238 g/mol. The molecule has 2 heteroatoms. The molecule has 0 saturated carbocycles. The molecular formula is C16H25NS. The van der Waals surface area contributed by atoms with E-state index >= 15 is 0 Å². The van der Waals surface area contributed by atoms with Crippen molar-refractivity contribution in [1.82, 2.24) is 5.32 Å². The van der Waals surface area contributed by atoms with Crippen molar-refractivity contribution in [3.8, 4) is 0 Å². The summed E-state index contributed by atoms with van der Waals surface area (Å²) in [5.74, 6) is 3.17. The van der Waals surface area contributed by atoms with Crippen molar-refractivity contribution >= 4 is 11.8 Å². The van der Waals surface area contributed by atoms with E-state index in [4.69, 9.17) is 0 Å². The summed E-state index contributed by atoms with van der Waals surface area (Å²) in [4.78, 5) is 0. The van der Waals surface area contributed by atoms with Gasteiger partial charge in [-0.15, -0.1) is 0 Å². The number of rotatable bonds is 4. The van der Waals surface area contributed by atoms with E-state index in [1.807, 2.05) is 0 Å². The van der Waals surface area contributed by atoms with E-state index in [0.29, 0.717) is 17.4 Å². The Morgan fingerprint density at radius 3 is 2.72 bits per heavy atom. The van der Waals surface area contributed by atoms with E-state index in [2.05, 4.69) is 68.2 Å². The molecule has 2 atom stereocenters. The standard InChI is InChI=1S/C16H25NS/c1-13(14-7-5-4-6-8-14)11-17-15-12-18-10-9-16(15,2)3/h4-8,13,15,17H,9-12H2,1-3H3. The Labute approximate surface area is 116 Å². The van der Waals surface area contributed by atoms with E-state index in [9.17, 15) is 0 Å². The third-order valence-corrected chi connectivity index (χ3v) is 5.22. The normalized spacial score (nSPS) is 24.7. The maximum atomic E-state index is 3.79. The Bertz CT molecular complexity index is 361. The first-order valence-corrected chi connectivity index (χ1v) is 8.11. The summed E-state index contributed by atoms with van der Waals surface area (Å²) in [7, 11) is 0. The van der Waals surface area contributed by atoms with Crippen molar-refractivity contribution in [2.45, 2.75) is 39.2 Å². The fourth-order valence-electron chi connectivity index (χ4n) is 2.49. The van der Waals surface area contributed by atoms with E-state index in [0.717, 1.165) is 6.54 Å². The molecule has 1 nitrogen and oxygen atoms in total. The molecule has 1 heterocycles. The number of benzene rings is 1. The minimum atomic E-state index is 0.446. The quantitative estimate of drug-likeness (QED) is 0.884. The molecule has 1 fully saturated rings. The molecule has 2 rings (SSSR count). The molecule has 1 aromatic carbocycles. The van der Waals surface area contributed by atoms with Crippen LogP contribution in [-0.4, -0.2) is 24.1 Å². The first-order valence-electron chi connectivity index (χ1n) is 6.96. The highest BCUT2D eigenvalue weighted by Gasteiger charge is 2.32. The molecule has 0 bridgehead atoms. The van der Waals surface area contributed by atoms with Gasteiger partial charge in [0.1, 0.15) is 0 Å². The van der Waals surface area contributed by atoms with Gasteiger partial charge in [-0.3, -0.25) is 0 Å². The topological polar surface area (TPSA) is 12.0 Å². The molecule has 0 radical (unpaired) electrons. The average molecular weight is 263 g/mol. The molecule has 100 valence electrons. The average Bonchev–Trinajstić information content (AvgIpc) is 2.38. The molecule has 0 spiro atoms. The van der Waals surface area contributed by atoms with Gasteiger partial charge in [-0.25, -0.2) is 0 Å². The highest BCUT2D eigenvalue weighted by atomic mass is 32.2. The first-order chi connectivity index (χ1) is 8.59. The Balaban J connectivity index is 1.87. The zero-order valence-corrected chi connectivity index (χ0v) is 12.6. The first kappa shape index (κ1) is 14.0. The van der Waals surface area contributed by atoms with Crippen LogP contribution in [-0.2, 0) is 0 Å². The van der Waals surface area contributed by atoms with Crippen LogP contribution in [0.5, 0.6) is 0 Å². The van der Waals surface area contributed by atoms with Gasteiger partial charge in [-0.2, -0.15) is 11.8 Å². The van der Waals surface area contributed by atoms with Gasteiger partial charge >= 0.3 is 0 Å². The second-order valence-corrected chi connectivity index (χ2v) is 7.24. The SMILES string of the molecule is CC(CNC1CSCCC1(C)C)c1ccccc1. The van der Waals surface area contributed by atoms with Gasteiger partial charge in [-0.05, 0) is 29.1 Å². The number of hydrogen-bond acceptors (Lipinski definition) is 2. The summed E-state index contributed by atoms with van der Waals surface area (Å²) < 4.78 is 0. The lowest BCUT2D eigenvalue weighted by Crippen LogP contribution is -2.47. The summed E-state index contributed by atoms with van der Waals surface area (Å²) in [5.41, 5.74) is 1.88. The maximum Gasteiger partial charge on any atom is 0.0209 e. The Morgan fingerprint density at radius 1 is 1.33 bits per heavy atom. The van der Waals surface area contributed by atoms with Gasteiger partial charge in [-0.1, -0.05) is 51.1 Å². The smallest absolute Gasteiger partial charge is 0.0209 e. The van der Waals surface area contributed by atoms with E-state index in [1.54, 1.807) is 0 Å². The van der Waals surface area contributed by atoms with E-state index < -0.39 is 0 Å². The third-order valence-electron chi connectivity index (χ3n) is 4.16. The van der Waals surface area contributed by atoms with Crippen molar-refractivity contribution < 1.29 is 0 Å². The molecule has 1 aliphatic rings. The lowest BCUT2D eigenvalue weighted by Gasteiger charge is -2.39. The van der Waals surface area contributed by atoms with Crippen LogP contribution in [0.2, 0.25) is 0 Å². The van der Waals surface area contributed by atoms with Crippen LogP contribution in [0.25, 0.3) is 0 Å². The minimum Gasteiger partial charge on any atom is -0.312 e. The molecule has 2 unspecified atom stereocenters. The largest absolute Gasteiger partial charge is 0.312 e. The fourth-order valence-corrected chi connectivity index (χ4v) is 4.13. The van der Waals surface area contributed by atoms with Crippen LogP contribution in [0.1, 0.15) is 38.7 Å². The molecule has 0 amide bonds. The second-order valence-electron chi connectivity index (χ2n) is 6.09. The molecule has 1 N–H and O–H groups in total. The summed E-state index contributed by atoms with van der Waals surface area (Å²) >= 11 is 2.09. The van der Waals surface area contributed by atoms with Crippen molar-refractivity contribution in [2.75, 3.05) is 18.1 Å². The minimum absolute atomic E-state index is 0.446. The van der Waals surface area contributed by atoms with E-state index in [-0.39, 0.29) is 0 Å². The van der Waals surface area contributed by atoms with Crippen molar-refractivity contribution in [1.29, 1.82) is 0 Å². The number of thioether (sulfide) groups is 1. The maximum absolute atomic E-state index is 3.79. The van der Waals surface area contributed by atoms with Gasteiger partial charge < -0.3 is 5.32 Å². The lowest BCUT2D eigenvalue weighted by molar-refractivity contribution is 0.244. The molecule has 1 saturated heterocycles. The Hall–Kier alpha value is -0.470. The highest BCUT2D eigenvalue weighted by Crippen LogP contribution is 2.34. The van der Waals surface area contributed by atoms with Gasteiger partial charge in [0.05, 0.1) is 0 Å². The van der Waals surface area contributed by atoms with E-state index in [1.165, 1.54) is 23.5 Å². The molecule has 1 aromatic rings. The lowest BCUT2D eigenvalue weighted by atomic mass is 9.82. The Kier molecular flexibility index (Phi) is 4.74. The van der Waals surface area contributed by atoms with Crippen molar-refractivity contribution in [3.63, 3.8) is 0 Å². The van der Waals surface area contributed by atoms with Crippen LogP contribution >= 0.6 is 11.8 Å². The van der Waals surface area contributed by atoms with Gasteiger partial charge in [0.25, 0.3) is 0 Å². The molecule has 0 aromatic heterocycles. The van der Waals surface area contributed by atoms with Gasteiger partial charge in [0.2, 0.25) is 0 Å². The van der Waals surface area contributed by atoms with Gasteiger partial charge in [0, 0.05) is 18.3 Å². The summed E-state index contributed by atoms with van der Waals surface area (Å²) in [6, 6.07) is 11.5. The summed E-state index contributed by atoms with van der Waals surface area (Å²) in [6.45, 7) is 8.19. The third kappa shape index (κ3) is 3.52. The predicted molar refractivity (Wildman–Crippen MR) is 82.4 cm³/mol. The zero-order chi connectivity index (χ0) is 13.0. The molecule has 1 aliphatic heterocycles.